The van der Waals surface area contributed by atoms with E-state index in [1.165, 1.54) is 0 Å². The first-order chi connectivity index (χ1) is 15.6. The van der Waals surface area contributed by atoms with E-state index in [1.54, 1.807) is 21.3 Å². The predicted octanol–water partition coefficient (Wildman–Crippen LogP) is 5.61. The molecular weight excluding hydrogens is 428 g/mol. The first-order valence-corrected chi connectivity index (χ1v) is 10.7. The van der Waals surface area contributed by atoms with Crippen LogP contribution in [0.3, 0.4) is 0 Å². The lowest BCUT2D eigenvalue weighted by molar-refractivity contribution is -0.0191. The summed E-state index contributed by atoms with van der Waals surface area (Å²) >= 11 is 6.33. The van der Waals surface area contributed by atoms with Crippen LogP contribution in [0.2, 0.25) is 5.02 Å². The Kier molecular flexibility index (Phi) is 5.31. The maximum absolute atomic E-state index is 6.43. The van der Waals surface area contributed by atoms with Crippen LogP contribution in [0.15, 0.2) is 65.8 Å². The molecule has 0 radical (unpaired) electrons. The molecule has 2 heterocycles. The lowest BCUT2D eigenvalue weighted by atomic mass is 9.95. The number of hydrogen-bond donors (Lipinski definition) is 0. The largest absolute Gasteiger partial charge is 0.497 e. The Balaban J connectivity index is 1.60. The van der Waals surface area contributed by atoms with E-state index in [0.29, 0.717) is 16.5 Å². The van der Waals surface area contributed by atoms with Crippen LogP contribution >= 0.6 is 11.6 Å². The van der Waals surface area contributed by atoms with E-state index in [0.717, 1.165) is 40.3 Å². The minimum Gasteiger partial charge on any atom is -0.497 e. The van der Waals surface area contributed by atoms with Crippen molar-refractivity contribution in [3.05, 3.63) is 82.4 Å². The number of halogens is 1. The highest BCUT2D eigenvalue weighted by Gasteiger charge is 2.41. The van der Waals surface area contributed by atoms with Gasteiger partial charge in [-0.05, 0) is 48.5 Å². The number of hydrazone groups is 1. The van der Waals surface area contributed by atoms with Crippen LogP contribution in [0.5, 0.6) is 23.0 Å². The number of nitrogens with zero attached hydrogens (tertiary/aromatic N) is 2. The summed E-state index contributed by atoms with van der Waals surface area (Å²) in [7, 11) is 4.91. The zero-order chi connectivity index (χ0) is 22.2. The fraction of sp³-hybridized carbons (Fsp3) is 0.240. The number of hydrogen-bond acceptors (Lipinski definition) is 6. The van der Waals surface area contributed by atoms with Crippen molar-refractivity contribution in [2.45, 2.75) is 18.7 Å². The van der Waals surface area contributed by atoms with Crippen LogP contribution in [-0.4, -0.2) is 32.0 Å². The van der Waals surface area contributed by atoms with E-state index in [2.05, 4.69) is 0 Å². The molecule has 0 aliphatic carbocycles. The quantitative estimate of drug-likeness (QED) is 0.505. The molecule has 3 aromatic carbocycles. The van der Waals surface area contributed by atoms with Gasteiger partial charge in [-0.3, -0.25) is 0 Å². The zero-order valence-electron chi connectivity index (χ0n) is 18.0. The Bertz CT molecular complexity index is 1200. The molecule has 0 bridgehead atoms. The molecule has 2 aliphatic rings. The maximum Gasteiger partial charge on any atom is 0.214 e. The highest BCUT2D eigenvalue weighted by Crippen LogP contribution is 2.49. The molecule has 0 unspecified atom stereocenters. The van der Waals surface area contributed by atoms with Gasteiger partial charge in [-0.25, -0.2) is 5.01 Å². The molecule has 164 valence electrons. The van der Waals surface area contributed by atoms with Crippen molar-refractivity contribution in [1.82, 2.24) is 5.01 Å². The summed E-state index contributed by atoms with van der Waals surface area (Å²) in [6.45, 7) is 0. The second-order valence-electron chi connectivity index (χ2n) is 7.65. The number of rotatable bonds is 5. The van der Waals surface area contributed by atoms with Gasteiger partial charge in [-0.2, -0.15) is 5.10 Å². The van der Waals surface area contributed by atoms with Gasteiger partial charge in [0.25, 0.3) is 0 Å². The average Bonchev–Trinajstić information content (AvgIpc) is 3.29. The fourth-order valence-corrected chi connectivity index (χ4v) is 4.44. The predicted molar refractivity (Wildman–Crippen MR) is 123 cm³/mol. The lowest BCUT2D eigenvalue weighted by Gasteiger charge is -2.38. The van der Waals surface area contributed by atoms with Gasteiger partial charge in [0, 0.05) is 28.1 Å². The summed E-state index contributed by atoms with van der Waals surface area (Å²) in [5.41, 5.74) is 3.93. The lowest BCUT2D eigenvalue weighted by Crippen LogP contribution is -2.33. The molecule has 5 rings (SSSR count). The van der Waals surface area contributed by atoms with E-state index in [-0.39, 0.29) is 6.04 Å². The molecule has 0 amide bonds. The van der Waals surface area contributed by atoms with E-state index < -0.39 is 6.23 Å². The number of ether oxygens (including phenoxy) is 4. The van der Waals surface area contributed by atoms with Gasteiger partial charge in [0.05, 0.1) is 33.1 Å². The smallest absolute Gasteiger partial charge is 0.214 e. The fourth-order valence-electron chi connectivity index (χ4n) is 4.26. The minimum absolute atomic E-state index is 0.00301. The minimum atomic E-state index is -0.420. The molecule has 0 saturated heterocycles. The topological polar surface area (TPSA) is 52.5 Å². The molecule has 0 saturated carbocycles. The van der Waals surface area contributed by atoms with Gasteiger partial charge in [0.1, 0.15) is 11.5 Å². The molecule has 0 N–H and O–H groups in total. The Labute approximate surface area is 191 Å². The van der Waals surface area contributed by atoms with Crippen molar-refractivity contribution in [1.29, 1.82) is 0 Å². The summed E-state index contributed by atoms with van der Waals surface area (Å²) in [5.74, 6) is 2.91. The molecule has 0 spiro atoms. The van der Waals surface area contributed by atoms with Crippen LogP contribution < -0.4 is 18.9 Å². The van der Waals surface area contributed by atoms with Gasteiger partial charge >= 0.3 is 0 Å². The van der Waals surface area contributed by atoms with E-state index in [4.69, 9.17) is 35.6 Å². The maximum atomic E-state index is 6.43. The third kappa shape index (κ3) is 3.50. The summed E-state index contributed by atoms with van der Waals surface area (Å²) in [4.78, 5) is 0. The molecule has 2 atom stereocenters. The first-order valence-electron chi connectivity index (χ1n) is 10.3. The highest BCUT2D eigenvalue weighted by molar-refractivity contribution is 6.30. The van der Waals surface area contributed by atoms with Crippen LogP contribution in [-0.2, 0) is 0 Å². The van der Waals surface area contributed by atoms with Crippen LogP contribution in [0.4, 0.5) is 0 Å². The van der Waals surface area contributed by atoms with E-state index in [1.807, 2.05) is 65.7 Å². The first kappa shape index (κ1) is 20.5. The van der Waals surface area contributed by atoms with Gasteiger partial charge in [0.15, 0.2) is 11.5 Å². The Morgan fingerprint density at radius 2 is 1.78 bits per heavy atom. The second-order valence-corrected chi connectivity index (χ2v) is 8.08. The molecule has 3 aromatic rings. The second kappa shape index (κ2) is 8.28. The summed E-state index contributed by atoms with van der Waals surface area (Å²) < 4.78 is 22.7. The van der Waals surface area contributed by atoms with Crippen LogP contribution in [0.25, 0.3) is 0 Å². The molecular formula is C25H23ClN2O4. The Hall–Kier alpha value is -3.38. The molecule has 0 fully saturated rings. The third-order valence-electron chi connectivity index (χ3n) is 5.85. The van der Waals surface area contributed by atoms with Gasteiger partial charge in [-0.15, -0.1) is 0 Å². The third-order valence-corrected chi connectivity index (χ3v) is 6.08. The normalized spacial score (nSPS) is 18.9. The monoisotopic (exact) mass is 450 g/mol. The van der Waals surface area contributed by atoms with Gasteiger partial charge in [0.2, 0.25) is 6.23 Å². The van der Waals surface area contributed by atoms with Gasteiger partial charge < -0.3 is 18.9 Å². The zero-order valence-corrected chi connectivity index (χ0v) is 18.8. The van der Waals surface area contributed by atoms with E-state index >= 15 is 0 Å². The SMILES string of the molecule is COc1cccc(C2=NN3[C@H](C2)c2cc(Cl)ccc2O[C@H]3c2ccc(OC)c(OC)c2)c1. The van der Waals surface area contributed by atoms with Gasteiger partial charge in [-0.1, -0.05) is 23.7 Å². The van der Waals surface area contributed by atoms with Crippen molar-refractivity contribution in [2.24, 2.45) is 5.10 Å². The van der Waals surface area contributed by atoms with Crippen LogP contribution in [0, 0.1) is 0 Å². The van der Waals surface area contributed by atoms with Crippen molar-refractivity contribution < 1.29 is 18.9 Å². The molecule has 7 heteroatoms. The summed E-state index contributed by atoms with van der Waals surface area (Å²) in [5, 5.41) is 7.68. The Morgan fingerprint density at radius 1 is 0.938 bits per heavy atom. The standard InChI is InChI=1S/C25H23ClN2O4/c1-29-18-6-4-5-15(11-18)20-14-21-19-13-17(26)8-10-22(19)32-25(28(21)27-20)16-7-9-23(30-2)24(12-16)31-3/h4-13,21,25H,14H2,1-3H3/t21-,25+/m1/s1. The highest BCUT2D eigenvalue weighted by atomic mass is 35.5. The molecule has 2 aliphatic heterocycles. The molecule has 6 nitrogen and oxygen atoms in total. The van der Waals surface area contributed by atoms with Crippen molar-refractivity contribution in [3.8, 4) is 23.0 Å². The van der Waals surface area contributed by atoms with Crippen molar-refractivity contribution in [3.63, 3.8) is 0 Å². The average molecular weight is 451 g/mol. The summed E-state index contributed by atoms with van der Waals surface area (Å²) in [6, 6.07) is 19.5. The van der Waals surface area contributed by atoms with Crippen molar-refractivity contribution >= 4 is 17.3 Å². The van der Waals surface area contributed by atoms with Crippen molar-refractivity contribution in [2.75, 3.05) is 21.3 Å². The molecule has 0 aromatic heterocycles. The molecule has 32 heavy (non-hydrogen) atoms. The summed E-state index contributed by atoms with van der Waals surface area (Å²) in [6.07, 6.45) is 0.310. The number of methoxy groups -OCH3 is 3. The number of benzene rings is 3. The van der Waals surface area contributed by atoms with E-state index in [9.17, 15) is 0 Å². The Morgan fingerprint density at radius 3 is 2.56 bits per heavy atom. The number of fused-ring (bicyclic) bond motifs is 3. The van der Waals surface area contributed by atoms with Crippen LogP contribution in [0.1, 0.15) is 35.4 Å².